The summed E-state index contributed by atoms with van der Waals surface area (Å²) in [5.74, 6) is 1.28. The predicted octanol–water partition coefficient (Wildman–Crippen LogP) is 5.74. The van der Waals surface area contributed by atoms with Crippen molar-refractivity contribution < 1.29 is 0 Å². The lowest BCUT2D eigenvalue weighted by Crippen LogP contribution is -2.03. The van der Waals surface area contributed by atoms with Crippen molar-refractivity contribution >= 4 is 11.0 Å². The Balaban J connectivity index is 1.87. The fourth-order valence-electron chi connectivity index (χ4n) is 3.03. The molecule has 0 aliphatic rings. The van der Waals surface area contributed by atoms with Gasteiger partial charge < -0.3 is 4.57 Å². The summed E-state index contributed by atoms with van der Waals surface area (Å²) in [6.45, 7) is 5.61. The zero-order chi connectivity index (χ0) is 14.9. The molecule has 1 aromatic carbocycles. The first kappa shape index (κ1) is 16.1. The van der Waals surface area contributed by atoms with Crippen molar-refractivity contribution in [3.8, 4) is 0 Å². The maximum Gasteiger partial charge on any atom is 0.109 e. The number of fused-ring (bicyclic) bond motifs is 1. The molecule has 0 N–H and O–H groups in total. The Labute approximate surface area is 129 Å². The standard InChI is InChI=1S/C19H30N2/c1-3-5-6-7-8-9-10-15-19-20-17-13-11-12-14-18(17)21(19)16-4-2/h11-14H,3-10,15-16H2,1-2H3. The monoisotopic (exact) mass is 286 g/mol. The Morgan fingerprint density at radius 1 is 0.857 bits per heavy atom. The van der Waals surface area contributed by atoms with E-state index in [0.29, 0.717) is 0 Å². The first-order valence-electron chi connectivity index (χ1n) is 8.81. The molecule has 0 bridgehead atoms. The Hall–Kier alpha value is -1.31. The number of hydrogen-bond acceptors (Lipinski definition) is 1. The van der Waals surface area contributed by atoms with Crippen molar-refractivity contribution in [2.75, 3.05) is 0 Å². The average molecular weight is 286 g/mol. The highest BCUT2D eigenvalue weighted by Crippen LogP contribution is 2.18. The lowest BCUT2D eigenvalue weighted by atomic mass is 10.1. The number of para-hydroxylation sites is 2. The number of hydrogen-bond donors (Lipinski definition) is 0. The molecule has 116 valence electrons. The molecule has 21 heavy (non-hydrogen) atoms. The molecular weight excluding hydrogens is 256 g/mol. The van der Waals surface area contributed by atoms with E-state index in [1.807, 2.05) is 0 Å². The quantitative estimate of drug-likeness (QED) is 0.509. The molecule has 2 heteroatoms. The van der Waals surface area contributed by atoms with Gasteiger partial charge in [-0.05, 0) is 25.0 Å². The van der Waals surface area contributed by atoms with Crippen LogP contribution in [0.2, 0.25) is 0 Å². The molecule has 0 fully saturated rings. The van der Waals surface area contributed by atoms with Crippen molar-refractivity contribution in [1.82, 2.24) is 9.55 Å². The number of aryl methyl sites for hydroxylation is 2. The van der Waals surface area contributed by atoms with E-state index >= 15 is 0 Å². The van der Waals surface area contributed by atoms with E-state index in [-0.39, 0.29) is 0 Å². The summed E-state index contributed by atoms with van der Waals surface area (Å²) in [6.07, 6.45) is 11.8. The maximum atomic E-state index is 4.84. The first-order chi connectivity index (χ1) is 10.4. The Morgan fingerprint density at radius 2 is 1.57 bits per heavy atom. The lowest BCUT2D eigenvalue weighted by Gasteiger charge is -2.07. The van der Waals surface area contributed by atoms with Gasteiger partial charge in [0, 0.05) is 13.0 Å². The summed E-state index contributed by atoms with van der Waals surface area (Å²) in [6, 6.07) is 8.54. The van der Waals surface area contributed by atoms with Crippen LogP contribution in [0.1, 0.15) is 71.0 Å². The lowest BCUT2D eigenvalue weighted by molar-refractivity contribution is 0.572. The van der Waals surface area contributed by atoms with E-state index < -0.39 is 0 Å². The highest BCUT2D eigenvalue weighted by atomic mass is 15.1. The zero-order valence-corrected chi connectivity index (χ0v) is 13.8. The van der Waals surface area contributed by atoms with Crippen LogP contribution in [0.4, 0.5) is 0 Å². The van der Waals surface area contributed by atoms with Gasteiger partial charge in [0.15, 0.2) is 0 Å². The SMILES string of the molecule is CCCCCCCCCc1nc2ccccc2n1CCC. The predicted molar refractivity (Wildman–Crippen MR) is 91.7 cm³/mol. The maximum absolute atomic E-state index is 4.84. The average Bonchev–Trinajstić information content (AvgIpc) is 2.85. The summed E-state index contributed by atoms with van der Waals surface area (Å²) < 4.78 is 2.42. The van der Waals surface area contributed by atoms with Gasteiger partial charge in [-0.2, -0.15) is 0 Å². The van der Waals surface area contributed by atoms with Gasteiger partial charge in [-0.3, -0.25) is 0 Å². The van der Waals surface area contributed by atoms with Gasteiger partial charge in [0.05, 0.1) is 11.0 Å². The van der Waals surface area contributed by atoms with Crippen LogP contribution in [0, 0.1) is 0 Å². The van der Waals surface area contributed by atoms with Crippen LogP contribution in [0.5, 0.6) is 0 Å². The van der Waals surface area contributed by atoms with Gasteiger partial charge in [-0.15, -0.1) is 0 Å². The molecular formula is C19H30N2. The van der Waals surface area contributed by atoms with E-state index in [2.05, 4.69) is 42.7 Å². The largest absolute Gasteiger partial charge is 0.328 e. The van der Waals surface area contributed by atoms with Crippen molar-refractivity contribution in [3.63, 3.8) is 0 Å². The smallest absolute Gasteiger partial charge is 0.109 e. The van der Waals surface area contributed by atoms with E-state index in [1.54, 1.807) is 0 Å². The van der Waals surface area contributed by atoms with Gasteiger partial charge in [0.25, 0.3) is 0 Å². The van der Waals surface area contributed by atoms with Crippen molar-refractivity contribution in [2.24, 2.45) is 0 Å². The number of aromatic nitrogens is 2. The summed E-state index contributed by atoms with van der Waals surface area (Å²) in [4.78, 5) is 4.84. The van der Waals surface area contributed by atoms with Crippen LogP contribution < -0.4 is 0 Å². The Bertz CT molecular complexity index is 527. The third-order valence-electron chi connectivity index (χ3n) is 4.18. The summed E-state index contributed by atoms with van der Waals surface area (Å²) in [5, 5.41) is 0. The van der Waals surface area contributed by atoms with E-state index in [9.17, 15) is 0 Å². The summed E-state index contributed by atoms with van der Waals surface area (Å²) >= 11 is 0. The van der Waals surface area contributed by atoms with Crippen molar-refractivity contribution in [1.29, 1.82) is 0 Å². The van der Waals surface area contributed by atoms with Gasteiger partial charge in [0.1, 0.15) is 5.82 Å². The molecule has 0 atom stereocenters. The van der Waals surface area contributed by atoms with E-state index in [0.717, 1.165) is 18.5 Å². The molecule has 2 nitrogen and oxygen atoms in total. The molecule has 0 spiro atoms. The molecule has 0 saturated carbocycles. The summed E-state index contributed by atoms with van der Waals surface area (Å²) in [5.41, 5.74) is 2.46. The van der Waals surface area contributed by atoms with Gasteiger partial charge in [0.2, 0.25) is 0 Å². The Kier molecular flexibility index (Phi) is 6.78. The topological polar surface area (TPSA) is 17.8 Å². The van der Waals surface area contributed by atoms with Crippen molar-refractivity contribution in [3.05, 3.63) is 30.1 Å². The second-order valence-corrected chi connectivity index (χ2v) is 6.04. The normalized spacial score (nSPS) is 11.3. The second-order valence-electron chi connectivity index (χ2n) is 6.04. The highest BCUT2D eigenvalue weighted by Gasteiger charge is 2.08. The minimum absolute atomic E-state index is 1.09. The number of unbranched alkanes of at least 4 members (excludes halogenated alkanes) is 6. The van der Waals surface area contributed by atoms with Crippen LogP contribution in [-0.2, 0) is 13.0 Å². The molecule has 0 amide bonds. The molecule has 0 aliphatic heterocycles. The molecule has 0 unspecified atom stereocenters. The molecule has 0 radical (unpaired) electrons. The third kappa shape index (κ3) is 4.59. The molecule has 1 aromatic heterocycles. The first-order valence-corrected chi connectivity index (χ1v) is 8.81. The number of benzene rings is 1. The molecule has 0 saturated heterocycles. The molecule has 2 aromatic rings. The second kappa shape index (κ2) is 8.86. The molecule has 2 rings (SSSR count). The van der Waals surface area contributed by atoms with E-state index in [4.69, 9.17) is 4.98 Å². The Morgan fingerprint density at radius 3 is 2.33 bits per heavy atom. The van der Waals surface area contributed by atoms with Crippen LogP contribution in [-0.4, -0.2) is 9.55 Å². The highest BCUT2D eigenvalue weighted by molar-refractivity contribution is 5.75. The van der Waals surface area contributed by atoms with Gasteiger partial charge in [-0.1, -0.05) is 64.5 Å². The van der Waals surface area contributed by atoms with Gasteiger partial charge >= 0.3 is 0 Å². The van der Waals surface area contributed by atoms with Gasteiger partial charge in [-0.25, -0.2) is 4.98 Å². The fraction of sp³-hybridized carbons (Fsp3) is 0.632. The number of nitrogens with zero attached hydrogens (tertiary/aromatic N) is 2. The number of imidazole rings is 1. The summed E-state index contributed by atoms with van der Waals surface area (Å²) in [7, 11) is 0. The molecule has 1 heterocycles. The zero-order valence-electron chi connectivity index (χ0n) is 13.8. The van der Waals surface area contributed by atoms with Crippen LogP contribution >= 0.6 is 0 Å². The fourth-order valence-corrected chi connectivity index (χ4v) is 3.03. The minimum atomic E-state index is 1.09. The minimum Gasteiger partial charge on any atom is -0.328 e. The third-order valence-corrected chi connectivity index (χ3v) is 4.18. The van der Waals surface area contributed by atoms with E-state index in [1.165, 1.54) is 62.7 Å². The van der Waals surface area contributed by atoms with Crippen LogP contribution in [0.25, 0.3) is 11.0 Å². The molecule has 0 aliphatic carbocycles. The van der Waals surface area contributed by atoms with Crippen molar-refractivity contribution in [2.45, 2.75) is 78.2 Å². The van der Waals surface area contributed by atoms with Crippen LogP contribution in [0.15, 0.2) is 24.3 Å². The van der Waals surface area contributed by atoms with Crippen LogP contribution in [0.3, 0.4) is 0 Å². The number of rotatable bonds is 10.